The second-order valence-electron chi connectivity index (χ2n) is 4.24. The van der Waals surface area contributed by atoms with Gasteiger partial charge in [0, 0.05) is 17.0 Å². The van der Waals surface area contributed by atoms with Crippen LogP contribution in [0.4, 0.5) is 0 Å². The van der Waals surface area contributed by atoms with Gasteiger partial charge in [-0.05, 0) is 35.7 Å². The molecular weight excluding hydrogens is 232 g/mol. The van der Waals surface area contributed by atoms with Crippen molar-refractivity contribution in [3.8, 4) is 16.9 Å². The van der Waals surface area contributed by atoms with E-state index >= 15 is 0 Å². The SMILES string of the molecule is Cc1ccc(Cl)cc1-c1cccc2c1O[CH]C2. The minimum atomic E-state index is 0.755. The van der Waals surface area contributed by atoms with Gasteiger partial charge in [0.2, 0.25) is 0 Å². The first-order valence-corrected chi connectivity index (χ1v) is 6.00. The highest BCUT2D eigenvalue weighted by molar-refractivity contribution is 6.30. The van der Waals surface area contributed by atoms with Crippen LogP contribution in [0.2, 0.25) is 5.02 Å². The molecule has 0 aromatic heterocycles. The number of benzene rings is 2. The van der Waals surface area contributed by atoms with E-state index in [-0.39, 0.29) is 0 Å². The number of aryl methyl sites for hydroxylation is 1. The largest absolute Gasteiger partial charge is 0.485 e. The summed E-state index contributed by atoms with van der Waals surface area (Å²) >= 11 is 6.07. The van der Waals surface area contributed by atoms with Crippen LogP contribution in [0.15, 0.2) is 36.4 Å². The molecule has 85 valence electrons. The Morgan fingerprint density at radius 2 is 2.00 bits per heavy atom. The van der Waals surface area contributed by atoms with Crippen molar-refractivity contribution in [2.45, 2.75) is 13.3 Å². The lowest BCUT2D eigenvalue weighted by molar-refractivity contribution is 0.436. The summed E-state index contributed by atoms with van der Waals surface area (Å²) in [7, 11) is 0. The molecule has 1 aliphatic heterocycles. The van der Waals surface area contributed by atoms with Crippen molar-refractivity contribution in [2.75, 3.05) is 0 Å². The summed E-state index contributed by atoms with van der Waals surface area (Å²) in [4.78, 5) is 0. The fourth-order valence-electron chi connectivity index (χ4n) is 2.20. The Hall–Kier alpha value is -1.47. The molecule has 2 aromatic carbocycles. The minimum Gasteiger partial charge on any atom is -0.485 e. The van der Waals surface area contributed by atoms with Crippen molar-refractivity contribution in [1.29, 1.82) is 0 Å². The van der Waals surface area contributed by atoms with Crippen LogP contribution in [0.25, 0.3) is 11.1 Å². The van der Waals surface area contributed by atoms with Gasteiger partial charge in [0.15, 0.2) is 0 Å². The van der Waals surface area contributed by atoms with E-state index in [0.717, 1.165) is 28.3 Å². The molecule has 1 radical (unpaired) electrons. The standard InChI is InChI=1S/C15H12ClO/c1-10-5-6-12(16)9-14(10)13-4-2-3-11-7-8-17-15(11)13/h2-6,8-9H,7H2,1H3. The van der Waals surface area contributed by atoms with Gasteiger partial charge >= 0.3 is 0 Å². The molecule has 0 unspecified atom stereocenters. The zero-order chi connectivity index (χ0) is 11.8. The highest BCUT2D eigenvalue weighted by Crippen LogP contribution is 2.39. The number of halogens is 1. The molecule has 0 saturated carbocycles. The number of ether oxygens (including phenoxy) is 1. The minimum absolute atomic E-state index is 0.755. The predicted molar refractivity (Wildman–Crippen MR) is 70.3 cm³/mol. The molecule has 1 heterocycles. The lowest BCUT2D eigenvalue weighted by atomic mass is 9.97. The first kappa shape index (κ1) is 10.7. The summed E-state index contributed by atoms with van der Waals surface area (Å²) in [6, 6.07) is 12.2. The summed E-state index contributed by atoms with van der Waals surface area (Å²) in [5.41, 5.74) is 4.71. The molecule has 0 amide bonds. The number of hydrogen-bond donors (Lipinski definition) is 0. The highest BCUT2D eigenvalue weighted by Gasteiger charge is 2.18. The van der Waals surface area contributed by atoms with E-state index < -0.39 is 0 Å². The van der Waals surface area contributed by atoms with E-state index in [0.29, 0.717) is 0 Å². The fourth-order valence-corrected chi connectivity index (χ4v) is 2.37. The quantitative estimate of drug-likeness (QED) is 0.721. The molecule has 1 nitrogen and oxygen atoms in total. The predicted octanol–water partition coefficient (Wildman–Crippen LogP) is 4.41. The highest BCUT2D eigenvalue weighted by atomic mass is 35.5. The van der Waals surface area contributed by atoms with Gasteiger partial charge in [-0.15, -0.1) is 0 Å². The topological polar surface area (TPSA) is 9.23 Å². The number of fused-ring (bicyclic) bond motifs is 1. The van der Waals surface area contributed by atoms with Crippen LogP contribution in [0, 0.1) is 13.5 Å². The summed E-state index contributed by atoms with van der Waals surface area (Å²) < 4.78 is 5.61. The molecule has 0 aliphatic carbocycles. The van der Waals surface area contributed by atoms with E-state index in [1.807, 2.05) is 24.8 Å². The van der Waals surface area contributed by atoms with Gasteiger partial charge in [-0.25, -0.2) is 0 Å². The van der Waals surface area contributed by atoms with E-state index in [9.17, 15) is 0 Å². The van der Waals surface area contributed by atoms with Crippen molar-refractivity contribution in [1.82, 2.24) is 0 Å². The maximum atomic E-state index is 6.07. The van der Waals surface area contributed by atoms with Gasteiger partial charge in [-0.2, -0.15) is 0 Å². The number of para-hydroxylation sites is 1. The molecule has 0 fully saturated rings. The maximum Gasteiger partial charge on any atom is 0.140 e. The van der Waals surface area contributed by atoms with Crippen LogP contribution in [-0.2, 0) is 6.42 Å². The summed E-state index contributed by atoms with van der Waals surface area (Å²) in [5.74, 6) is 0.970. The van der Waals surface area contributed by atoms with E-state index in [4.69, 9.17) is 16.3 Å². The van der Waals surface area contributed by atoms with Crippen molar-refractivity contribution in [2.24, 2.45) is 0 Å². The van der Waals surface area contributed by atoms with E-state index in [2.05, 4.69) is 25.1 Å². The third-order valence-electron chi connectivity index (χ3n) is 3.09. The van der Waals surface area contributed by atoms with E-state index in [1.54, 1.807) is 0 Å². The monoisotopic (exact) mass is 243 g/mol. The number of hydrogen-bond acceptors (Lipinski definition) is 1. The van der Waals surface area contributed by atoms with Gasteiger partial charge in [-0.3, -0.25) is 0 Å². The van der Waals surface area contributed by atoms with Gasteiger partial charge in [0.25, 0.3) is 0 Å². The molecule has 0 bridgehead atoms. The van der Waals surface area contributed by atoms with Crippen LogP contribution >= 0.6 is 11.6 Å². The Labute approximate surface area is 106 Å². The van der Waals surface area contributed by atoms with Crippen molar-refractivity contribution < 1.29 is 4.74 Å². The molecular formula is C15H12ClO. The Morgan fingerprint density at radius 1 is 1.12 bits per heavy atom. The normalized spacial score (nSPS) is 13.3. The van der Waals surface area contributed by atoms with Crippen LogP contribution in [0.5, 0.6) is 5.75 Å². The maximum absolute atomic E-state index is 6.07. The first-order chi connectivity index (χ1) is 8.25. The molecule has 1 aliphatic rings. The Morgan fingerprint density at radius 3 is 2.88 bits per heavy atom. The van der Waals surface area contributed by atoms with Gasteiger partial charge in [-0.1, -0.05) is 35.9 Å². The lowest BCUT2D eigenvalue weighted by Gasteiger charge is -2.11. The van der Waals surface area contributed by atoms with Crippen molar-refractivity contribution in [3.63, 3.8) is 0 Å². The van der Waals surface area contributed by atoms with Crippen LogP contribution in [0.1, 0.15) is 11.1 Å². The van der Waals surface area contributed by atoms with Gasteiger partial charge in [0.1, 0.15) is 12.4 Å². The molecule has 0 N–H and O–H groups in total. The van der Waals surface area contributed by atoms with E-state index in [1.165, 1.54) is 11.1 Å². The number of rotatable bonds is 1. The van der Waals surface area contributed by atoms with Crippen LogP contribution in [-0.4, -0.2) is 0 Å². The summed E-state index contributed by atoms with van der Waals surface area (Å²) in [6.07, 6.45) is 0.878. The first-order valence-electron chi connectivity index (χ1n) is 5.62. The third-order valence-corrected chi connectivity index (χ3v) is 3.33. The zero-order valence-electron chi connectivity index (χ0n) is 9.53. The average molecular weight is 244 g/mol. The van der Waals surface area contributed by atoms with Crippen molar-refractivity contribution in [3.05, 3.63) is 59.2 Å². The smallest absolute Gasteiger partial charge is 0.140 e. The molecule has 0 saturated heterocycles. The molecule has 3 rings (SSSR count). The summed E-state index contributed by atoms with van der Waals surface area (Å²) in [5, 5.41) is 0.755. The fraction of sp³-hybridized carbons (Fsp3) is 0.133. The Balaban J connectivity index is 2.22. The molecule has 0 atom stereocenters. The van der Waals surface area contributed by atoms with Crippen LogP contribution < -0.4 is 4.74 Å². The third kappa shape index (κ3) is 1.81. The molecule has 0 spiro atoms. The van der Waals surface area contributed by atoms with Gasteiger partial charge < -0.3 is 4.74 Å². The Bertz CT molecular complexity index is 575. The van der Waals surface area contributed by atoms with Crippen molar-refractivity contribution >= 4 is 11.6 Å². The second kappa shape index (κ2) is 4.08. The average Bonchev–Trinajstić information content (AvgIpc) is 2.80. The molecule has 17 heavy (non-hydrogen) atoms. The van der Waals surface area contributed by atoms with Gasteiger partial charge in [0.05, 0.1) is 0 Å². The zero-order valence-corrected chi connectivity index (χ0v) is 10.3. The summed E-state index contributed by atoms with van der Waals surface area (Å²) in [6.45, 7) is 3.93. The molecule has 2 aromatic rings. The Kier molecular flexibility index (Phi) is 2.56. The molecule has 2 heteroatoms. The second-order valence-corrected chi connectivity index (χ2v) is 4.68. The lowest BCUT2D eigenvalue weighted by Crippen LogP contribution is -1.88. The van der Waals surface area contributed by atoms with Crippen LogP contribution in [0.3, 0.4) is 0 Å².